The number of alkyl halides is 3. The second kappa shape index (κ2) is 4.81. The summed E-state index contributed by atoms with van der Waals surface area (Å²) in [4.78, 5) is 6.52. The first-order valence-electron chi connectivity index (χ1n) is 4.80. The van der Waals surface area contributed by atoms with E-state index in [0.717, 1.165) is 6.07 Å². The van der Waals surface area contributed by atoms with Crippen molar-refractivity contribution < 1.29 is 13.2 Å². The van der Waals surface area contributed by atoms with Gasteiger partial charge in [0.2, 0.25) is 0 Å². The molecule has 0 saturated carbocycles. The van der Waals surface area contributed by atoms with Crippen molar-refractivity contribution in [1.29, 1.82) is 0 Å². The van der Waals surface area contributed by atoms with Gasteiger partial charge >= 0.3 is 6.18 Å². The molecule has 0 aliphatic rings. The highest BCUT2D eigenvalue weighted by Gasteiger charge is 2.34. The fourth-order valence-corrected chi connectivity index (χ4v) is 1.98. The first-order valence-corrected chi connectivity index (χ1v) is 6.00. The molecule has 0 saturated heterocycles. The number of aromatic nitrogens is 2. The zero-order valence-electron chi connectivity index (χ0n) is 8.75. The molecule has 2 rings (SSSR count). The van der Waals surface area contributed by atoms with Gasteiger partial charge in [0, 0.05) is 16.2 Å². The van der Waals surface area contributed by atoms with Crippen LogP contribution in [0.4, 0.5) is 13.2 Å². The summed E-state index contributed by atoms with van der Waals surface area (Å²) in [6, 6.07) is 5.39. The van der Waals surface area contributed by atoms with Gasteiger partial charge in [-0.25, -0.2) is 4.98 Å². The predicted octanol–water partition coefficient (Wildman–Crippen LogP) is 4.59. The zero-order chi connectivity index (χ0) is 13.3. The summed E-state index contributed by atoms with van der Waals surface area (Å²) in [5.41, 5.74) is -0.793. The summed E-state index contributed by atoms with van der Waals surface area (Å²) in [6.07, 6.45) is -3.08. The molecule has 1 N–H and O–H groups in total. The van der Waals surface area contributed by atoms with E-state index in [9.17, 15) is 13.2 Å². The van der Waals surface area contributed by atoms with E-state index in [2.05, 4.69) is 25.9 Å². The van der Waals surface area contributed by atoms with Crippen LogP contribution in [0.15, 0.2) is 34.9 Å². The highest BCUT2D eigenvalue weighted by atomic mass is 79.9. The van der Waals surface area contributed by atoms with Gasteiger partial charge in [0.1, 0.15) is 10.5 Å². The highest BCUT2D eigenvalue weighted by Crippen LogP contribution is 2.37. The lowest BCUT2D eigenvalue weighted by Gasteiger charge is -2.12. The van der Waals surface area contributed by atoms with Crippen LogP contribution in [0.3, 0.4) is 0 Å². The van der Waals surface area contributed by atoms with Gasteiger partial charge < -0.3 is 4.98 Å². The van der Waals surface area contributed by atoms with Crippen molar-refractivity contribution in [2.24, 2.45) is 0 Å². The maximum absolute atomic E-state index is 12.9. The molecule has 1 aromatic carbocycles. The molecule has 0 fully saturated rings. The van der Waals surface area contributed by atoms with Gasteiger partial charge in [0.25, 0.3) is 0 Å². The molecule has 0 radical (unpaired) electrons. The van der Waals surface area contributed by atoms with Gasteiger partial charge in [-0.1, -0.05) is 28.1 Å². The summed E-state index contributed by atoms with van der Waals surface area (Å²) in [5, 5.41) is 0. The van der Waals surface area contributed by atoms with E-state index in [-0.39, 0.29) is 11.4 Å². The normalized spacial score (nSPS) is 11.6. The zero-order valence-corrected chi connectivity index (χ0v) is 11.2. The SMILES string of the molecule is FC(F)(F)c1cc(Br)ccc1-c1nccc(=S)[nH]1. The van der Waals surface area contributed by atoms with Crippen molar-refractivity contribution in [3.05, 3.63) is 45.1 Å². The minimum Gasteiger partial charge on any atom is -0.331 e. The predicted molar refractivity (Wildman–Crippen MR) is 67.6 cm³/mol. The standard InChI is InChI=1S/C11H6BrF3N2S/c12-6-1-2-7(8(5-6)11(13,14)15)10-16-4-3-9(18)17-10/h1-5H,(H,16,17,18). The number of halogens is 4. The summed E-state index contributed by atoms with van der Waals surface area (Å²) in [5.74, 6) is 0.0994. The fraction of sp³-hybridized carbons (Fsp3) is 0.0909. The van der Waals surface area contributed by atoms with Gasteiger partial charge in [-0.3, -0.25) is 0 Å². The van der Waals surface area contributed by atoms with E-state index in [4.69, 9.17) is 12.2 Å². The average molecular weight is 335 g/mol. The van der Waals surface area contributed by atoms with Crippen molar-refractivity contribution in [3.63, 3.8) is 0 Å². The molecular formula is C11H6BrF3N2S. The van der Waals surface area contributed by atoms with E-state index in [1.54, 1.807) is 0 Å². The van der Waals surface area contributed by atoms with Crippen LogP contribution in [0.5, 0.6) is 0 Å². The van der Waals surface area contributed by atoms with E-state index < -0.39 is 11.7 Å². The Bertz CT molecular complexity index is 637. The van der Waals surface area contributed by atoms with Crippen molar-refractivity contribution in [3.8, 4) is 11.4 Å². The van der Waals surface area contributed by atoms with E-state index in [1.165, 1.54) is 24.4 Å². The van der Waals surface area contributed by atoms with Crippen LogP contribution in [-0.2, 0) is 6.18 Å². The number of nitrogens with one attached hydrogen (secondary N) is 1. The Kier molecular flexibility index (Phi) is 3.54. The molecule has 0 amide bonds. The van der Waals surface area contributed by atoms with Crippen LogP contribution in [0, 0.1) is 4.64 Å². The Hall–Kier alpha value is -1.21. The summed E-state index contributed by atoms with van der Waals surface area (Å²) in [6.45, 7) is 0. The Labute approximate surface area is 114 Å². The van der Waals surface area contributed by atoms with Crippen LogP contribution in [0.1, 0.15) is 5.56 Å². The molecule has 0 unspecified atom stereocenters. The number of aromatic amines is 1. The molecule has 7 heteroatoms. The largest absolute Gasteiger partial charge is 0.417 e. The minimum atomic E-state index is -4.45. The molecule has 2 aromatic rings. The van der Waals surface area contributed by atoms with Crippen LogP contribution in [-0.4, -0.2) is 9.97 Å². The van der Waals surface area contributed by atoms with Crippen LogP contribution in [0.2, 0.25) is 0 Å². The molecule has 0 aliphatic carbocycles. The molecule has 0 spiro atoms. The van der Waals surface area contributed by atoms with Gasteiger partial charge in [0.15, 0.2) is 0 Å². The Morgan fingerprint density at radius 1 is 1.22 bits per heavy atom. The Morgan fingerprint density at radius 3 is 2.56 bits per heavy atom. The summed E-state index contributed by atoms with van der Waals surface area (Å²) < 4.78 is 39.5. The lowest BCUT2D eigenvalue weighted by Crippen LogP contribution is -2.08. The molecule has 0 atom stereocenters. The van der Waals surface area contributed by atoms with E-state index in [0.29, 0.717) is 9.11 Å². The van der Waals surface area contributed by atoms with Gasteiger partial charge in [0.05, 0.1) is 5.56 Å². The first-order chi connectivity index (χ1) is 8.38. The van der Waals surface area contributed by atoms with Crippen molar-refractivity contribution in [2.45, 2.75) is 6.18 Å². The summed E-state index contributed by atoms with van der Waals surface area (Å²) >= 11 is 7.90. The Morgan fingerprint density at radius 2 is 1.94 bits per heavy atom. The molecule has 18 heavy (non-hydrogen) atoms. The third kappa shape index (κ3) is 2.78. The number of hydrogen-bond donors (Lipinski definition) is 1. The maximum atomic E-state index is 12.9. The Balaban J connectivity index is 2.68. The first kappa shape index (κ1) is 13.2. The van der Waals surface area contributed by atoms with Gasteiger partial charge in [-0.2, -0.15) is 13.2 Å². The van der Waals surface area contributed by atoms with Crippen LogP contribution in [0.25, 0.3) is 11.4 Å². The molecule has 1 heterocycles. The third-order valence-corrected chi connectivity index (χ3v) is 2.94. The average Bonchev–Trinajstić information content (AvgIpc) is 2.27. The molecule has 94 valence electrons. The van der Waals surface area contributed by atoms with Crippen molar-refractivity contribution in [1.82, 2.24) is 9.97 Å². The molecular weight excluding hydrogens is 329 g/mol. The van der Waals surface area contributed by atoms with Crippen LogP contribution < -0.4 is 0 Å². The summed E-state index contributed by atoms with van der Waals surface area (Å²) in [7, 11) is 0. The number of H-pyrrole nitrogens is 1. The van der Waals surface area contributed by atoms with E-state index >= 15 is 0 Å². The maximum Gasteiger partial charge on any atom is 0.417 e. The number of benzene rings is 1. The second-order valence-corrected chi connectivity index (χ2v) is 4.83. The molecule has 0 aliphatic heterocycles. The third-order valence-electron chi connectivity index (χ3n) is 2.21. The lowest BCUT2D eigenvalue weighted by molar-refractivity contribution is -0.137. The fourth-order valence-electron chi connectivity index (χ4n) is 1.46. The minimum absolute atomic E-state index is 0.0302. The quantitative estimate of drug-likeness (QED) is 0.773. The van der Waals surface area contributed by atoms with Gasteiger partial charge in [-0.15, -0.1) is 0 Å². The molecule has 0 bridgehead atoms. The number of nitrogens with zero attached hydrogens (tertiary/aromatic N) is 1. The van der Waals surface area contributed by atoms with Gasteiger partial charge in [-0.05, 0) is 24.3 Å². The van der Waals surface area contributed by atoms with Crippen molar-refractivity contribution in [2.75, 3.05) is 0 Å². The molecule has 2 nitrogen and oxygen atoms in total. The highest BCUT2D eigenvalue weighted by molar-refractivity contribution is 9.10. The number of hydrogen-bond acceptors (Lipinski definition) is 2. The monoisotopic (exact) mass is 334 g/mol. The van der Waals surface area contributed by atoms with Crippen molar-refractivity contribution >= 4 is 28.1 Å². The van der Waals surface area contributed by atoms with Crippen LogP contribution >= 0.6 is 28.1 Å². The second-order valence-electron chi connectivity index (χ2n) is 3.47. The van der Waals surface area contributed by atoms with E-state index in [1.807, 2.05) is 0 Å². The smallest absolute Gasteiger partial charge is 0.331 e. The molecule has 1 aromatic heterocycles. The lowest BCUT2D eigenvalue weighted by atomic mass is 10.1. The number of rotatable bonds is 1. The topological polar surface area (TPSA) is 28.7 Å².